The minimum Gasteiger partial charge on any atom is -0.331 e. The number of piperidine rings is 1. The van der Waals surface area contributed by atoms with Crippen molar-refractivity contribution in [1.82, 2.24) is 9.80 Å². The van der Waals surface area contributed by atoms with E-state index < -0.39 is 0 Å². The first-order chi connectivity index (χ1) is 14.0. The molecule has 7 nitrogen and oxygen atoms in total. The molecule has 29 heavy (non-hydrogen) atoms. The van der Waals surface area contributed by atoms with Crippen LogP contribution < -0.4 is 10.6 Å². The predicted octanol–water partition coefficient (Wildman–Crippen LogP) is 3.27. The second-order valence-electron chi connectivity index (χ2n) is 7.29. The molecule has 1 heterocycles. The topological polar surface area (TPSA) is 81.8 Å². The molecule has 0 bridgehead atoms. The second kappa shape index (κ2) is 9.23. The van der Waals surface area contributed by atoms with Crippen LogP contribution in [0.3, 0.4) is 0 Å². The average molecular weight is 394 g/mol. The number of rotatable bonds is 4. The van der Waals surface area contributed by atoms with Crippen LogP contribution in [0.5, 0.6) is 0 Å². The van der Waals surface area contributed by atoms with Crippen LogP contribution in [0.1, 0.15) is 23.2 Å². The van der Waals surface area contributed by atoms with Gasteiger partial charge in [0.15, 0.2) is 0 Å². The maximum atomic E-state index is 12.7. The summed E-state index contributed by atoms with van der Waals surface area (Å²) in [6.45, 7) is 1.11. The lowest BCUT2D eigenvalue weighted by molar-refractivity contribution is -0.121. The van der Waals surface area contributed by atoms with Crippen molar-refractivity contribution in [3.05, 3.63) is 60.2 Å². The van der Waals surface area contributed by atoms with Crippen LogP contribution in [0.15, 0.2) is 54.6 Å². The van der Waals surface area contributed by atoms with Crippen LogP contribution in [0.4, 0.5) is 16.2 Å². The number of hydrogen-bond donors (Lipinski definition) is 2. The van der Waals surface area contributed by atoms with Crippen molar-refractivity contribution in [3.8, 4) is 0 Å². The molecule has 0 saturated carbocycles. The van der Waals surface area contributed by atoms with Crippen molar-refractivity contribution < 1.29 is 14.4 Å². The van der Waals surface area contributed by atoms with Gasteiger partial charge in [0.05, 0.1) is 11.4 Å². The lowest BCUT2D eigenvalue weighted by Crippen LogP contribution is -2.45. The summed E-state index contributed by atoms with van der Waals surface area (Å²) in [5.74, 6) is -0.495. The van der Waals surface area contributed by atoms with E-state index in [2.05, 4.69) is 10.6 Å². The van der Waals surface area contributed by atoms with Gasteiger partial charge < -0.3 is 20.4 Å². The van der Waals surface area contributed by atoms with Gasteiger partial charge in [-0.05, 0) is 37.1 Å². The van der Waals surface area contributed by atoms with E-state index in [1.54, 1.807) is 60.3 Å². The zero-order valence-corrected chi connectivity index (χ0v) is 16.7. The SMILES string of the molecule is CN(C)C(=O)N1CCC(C(=O)Nc2ccccc2NC(=O)c2ccccc2)CC1. The lowest BCUT2D eigenvalue weighted by Gasteiger charge is -2.33. The Morgan fingerprint density at radius 2 is 1.41 bits per heavy atom. The predicted molar refractivity (Wildman–Crippen MR) is 113 cm³/mol. The summed E-state index contributed by atoms with van der Waals surface area (Å²) in [6.07, 6.45) is 1.23. The molecule has 2 aromatic rings. The Hall–Kier alpha value is -3.35. The number of hydrogen-bond acceptors (Lipinski definition) is 3. The number of nitrogens with zero attached hydrogens (tertiary/aromatic N) is 2. The minimum absolute atomic E-state index is 0.0298. The first-order valence-electron chi connectivity index (χ1n) is 9.68. The molecule has 2 aromatic carbocycles. The van der Waals surface area contributed by atoms with E-state index in [0.29, 0.717) is 42.9 Å². The van der Waals surface area contributed by atoms with E-state index in [4.69, 9.17) is 0 Å². The van der Waals surface area contributed by atoms with Gasteiger partial charge in [-0.25, -0.2) is 4.79 Å². The van der Waals surface area contributed by atoms with Gasteiger partial charge in [0.1, 0.15) is 0 Å². The van der Waals surface area contributed by atoms with E-state index in [0.717, 1.165) is 0 Å². The fourth-order valence-corrected chi connectivity index (χ4v) is 3.34. The van der Waals surface area contributed by atoms with Gasteiger partial charge in [0, 0.05) is 38.7 Å². The molecule has 1 fully saturated rings. The number of carbonyl (C=O) groups is 3. The van der Waals surface area contributed by atoms with Crippen molar-refractivity contribution in [1.29, 1.82) is 0 Å². The maximum Gasteiger partial charge on any atom is 0.319 e. The van der Waals surface area contributed by atoms with Gasteiger partial charge in [0.25, 0.3) is 5.91 Å². The Morgan fingerprint density at radius 1 is 0.862 bits per heavy atom. The van der Waals surface area contributed by atoms with Crippen molar-refractivity contribution >= 4 is 29.2 Å². The standard InChI is InChI=1S/C22H26N4O3/c1-25(2)22(29)26-14-12-17(13-15-26)21(28)24-19-11-7-6-10-18(19)23-20(27)16-8-4-3-5-9-16/h3-11,17H,12-15H2,1-2H3,(H,23,27)(H,24,28). The number of anilines is 2. The van der Waals surface area contributed by atoms with Crippen molar-refractivity contribution in [2.45, 2.75) is 12.8 Å². The number of carbonyl (C=O) groups excluding carboxylic acids is 3. The Morgan fingerprint density at radius 3 is 2.00 bits per heavy atom. The first kappa shape index (κ1) is 20.4. The van der Waals surface area contributed by atoms with Crippen LogP contribution in [0.2, 0.25) is 0 Å². The van der Waals surface area contributed by atoms with E-state index in [-0.39, 0.29) is 23.8 Å². The number of amides is 4. The smallest absolute Gasteiger partial charge is 0.319 e. The zero-order valence-electron chi connectivity index (χ0n) is 16.7. The number of likely N-dealkylation sites (tertiary alicyclic amines) is 1. The lowest BCUT2D eigenvalue weighted by atomic mass is 9.96. The monoisotopic (exact) mass is 394 g/mol. The van der Waals surface area contributed by atoms with E-state index in [1.165, 1.54) is 0 Å². The zero-order chi connectivity index (χ0) is 20.8. The molecule has 0 atom stereocenters. The van der Waals surface area contributed by atoms with Crippen molar-refractivity contribution in [2.24, 2.45) is 5.92 Å². The summed E-state index contributed by atoms with van der Waals surface area (Å²) in [6, 6.07) is 16.0. The molecular weight excluding hydrogens is 368 g/mol. The Kier molecular flexibility index (Phi) is 6.49. The van der Waals surface area contributed by atoms with Crippen LogP contribution in [-0.2, 0) is 4.79 Å². The number of benzene rings is 2. The summed E-state index contributed by atoms with van der Waals surface area (Å²) in [4.78, 5) is 40.5. The average Bonchev–Trinajstić information content (AvgIpc) is 2.75. The number of nitrogens with one attached hydrogen (secondary N) is 2. The summed E-state index contributed by atoms with van der Waals surface area (Å²) in [5, 5.41) is 5.79. The highest BCUT2D eigenvalue weighted by atomic mass is 16.2. The quantitative estimate of drug-likeness (QED) is 0.835. The highest BCUT2D eigenvalue weighted by molar-refractivity contribution is 6.07. The van der Waals surface area contributed by atoms with Crippen molar-refractivity contribution in [2.75, 3.05) is 37.8 Å². The van der Waals surface area contributed by atoms with Gasteiger partial charge in [0.2, 0.25) is 5.91 Å². The fraction of sp³-hybridized carbons (Fsp3) is 0.318. The molecule has 0 radical (unpaired) electrons. The summed E-state index contributed by atoms with van der Waals surface area (Å²) >= 11 is 0. The van der Waals surface area contributed by atoms with Gasteiger partial charge >= 0.3 is 6.03 Å². The third-order valence-electron chi connectivity index (χ3n) is 4.99. The van der Waals surface area contributed by atoms with Crippen LogP contribution in [-0.4, -0.2) is 54.8 Å². The van der Waals surface area contributed by atoms with Crippen LogP contribution in [0, 0.1) is 5.92 Å². The molecule has 7 heteroatoms. The molecule has 0 aromatic heterocycles. The highest BCUT2D eigenvalue weighted by Gasteiger charge is 2.28. The molecule has 152 valence electrons. The maximum absolute atomic E-state index is 12.7. The van der Waals surface area contributed by atoms with Gasteiger partial charge in [-0.3, -0.25) is 9.59 Å². The Bertz CT molecular complexity index is 875. The van der Waals surface area contributed by atoms with Crippen LogP contribution >= 0.6 is 0 Å². The Labute approximate surface area is 170 Å². The molecule has 1 saturated heterocycles. The molecule has 0 unspecified atom stereocenters. The van der Waals surface area contributed by atoms with Gasteiger partial charge in [-0.15, -0.1) is 0 Å². The highest BCUT2D eigenvalue weighted by Crippen LogP contribution is 2.25. The number of para-hydroxylation sites is 2. The summed E-state index contributed by atoms with van der Waals surface area (Å²) in [5.41, 5.74) is 1.66. The third-order valence-corrected chi connectivity index (χ3v) is 4.99. The molecule has 0 spiro atoms. The van der Waals surface area contributed by atoms with E-state index in [9.17, 15) is 14.4 Å². The molecular formula is C22H26N4O3. The molecule has 1 aliphatic heterocycles. The summed E-state index contributed by atoms with van der Waals surface area (Å²) < 4.78 is 0. The molecule has 2 N–H and O–H groups in total. The second-order valence-corrected chi connectivity index (χ2v) is 7.29. The largest absolute Gasteiger partial charge is 0.331 e. The van der Waals surface area contributed by atoms with Crippen LogP contribution in [0.25, 0.3) is 0 Å². The molecule has 0 aliphatic carbocycles. The van der Waals surface area contributed by atoms with E-state index in [1.807, 2.05) is 18.2 Å². The summed E-state index contributed by atoms with van der Waals surface area (Å²) in [7, 11) is 3.45. The normalized spacial score (nSPS) is 14.2. The molecule has 4 amide bonds. The first-order valence-corrected chi connectivity index (χ1v) is 9.68. The fourth-order valence-electron chi connectivity index (χ4n) is 3.34. The molecule has 1 aliphatic rings. The number of urea groups is 1. The third kappa shape index (κ3) is 5.13. The van der Waals surface area contributed by atoms with Gasteiger partial charge in [-0.2, -0.15) is 0 Å². The Balaban J connectivity index is 1.62. The van der Waals surface area contributed by atoms with Crippen molar-refractivity contribution in [3.63, 3.8) is 0 Å². The minimum atomic E-state index is -0.234. The van der Waals surface area contributed by atoms with E-state index >= 15 is 0 Å². The van der Waals surface area contributed by atoms with Gasteiger partial charge in [-0.1, -0.05) is 30.3 Å². The molecule has 3 rings (SSSR count).